The van der Waals surface area contributed by atoms with Gasteiger partial charge in [-0.05, 0) is 24.6 Å². The van der Waals surface area contributed by atoms with Crippen LogP contribution in [0.4, 0.5) is 4.39 Å². The second-order valence-corrected chi connectivity index (χ2v) is 4.80. The van der Waals surface area contributed by atoms with E-state index >= 15 is 0 Å². The van der Waals surface area contributed by atoms with E-state index in [1.165, 1.54) is 13.2 Å². The van der Waals surface area contributed by atoms with Gasteiger partial charge in [-0.3, -0.25) is 0 Å². The van der Waals surface area contributed by atoms with E-state index in [1.807, 2.05) is 31.2 Å². The maximum absolute atomic E-state index is 13.9. The van der Waals surface area contributed by atoms with Gasteiger partial charge in [-0.25, -0.2) is 4.39 Å². The van der Waals surface area contributed by atoms with Gasteiger partial charge in [0.25, 0.3) is 0 Å². The number of ether oxygens (including phenoxy) is 2. The van der Waals surface area contributed by atoms with Crippen LogP contribution in [0.25, 0.3) is 0 Å². The summed E-state index contributed by atoms with van der Waals surface area (Å²) in [6.45, 7) is 2.17. The number of para-hydroxylation sites is 1. The molecule has 1 atom stereocenters. The molecule has 0 fully saturated rings. The van der Waals surface area contributed by atoms with Crippen molar-refractivity contribution in [1.82, 2.24) is 0 Å². The van der Waals surface area contributed by atoms with Crippen molar-refractivity contribution in [3.8, 4) is 11.5 Å². The SMILES string of the molecule is CCC(N)c1ccccc1OCc1ccc(OC)cc1F. The molecule has 0 saturated carbocycles. The molecule has 0 heterocycles. The van der Waals surface area contributed by atoms with Gasteiger partial charge >= 0.3 is 0 Å². The van der Waals surface area contributed by atoms with Crippen LogP contribution in [0.2, 0.25) is 0 Å². The van der Waals surface area contributed by atoms with E-state index in [0.717, 1.165) is 12.0 Å². The first kappa shape index (κ1) is 15.3. The Bertz CT molecular complexity index is 601. The van der Waals surface area contributed by atoms with Crippen molar-refractivity contribution in [2.75, 3.05) is 7.11 Å². The van der Waals surface area contributed by atoms with E-state index in [4.69, 9.17) is 15.2 Å². The third-order valence-electron chi connectivity index (χ3n) is 3.40. The van der Waals surface area contributed by atoms with Crippen molar-refractivity contribution in [2.24, 2.45) is 5.73 Å². The third-order valence-corrected chi connectivity index (χ3v) is 3.40. The number of hydrogen-bond donors (Lipinski definition) is 1. The molecule has 2 aromatic carbocycles. The lowest BCUT2D eigenvalue weighted by Gasteiger charge is -2.16. The highest BCUT2D eigenvalue weighted by Gasteiger charge is 2.11. The first-order valence-corrected chi connectivity index (χ1v) is 6.95. The molecule has 0 spiro atoms. The fraction of sp³-hybridized carbons (Fsp3) is 0.294. The first-order chi connectivity index (χ1) is 10.2. The standard InChI is InChI=1S/C17H20FNO2/c1-3-16(19)14-6-4-5-7-17(14)21-11-12-8-9-13(20-2)10-15(12)18/h4-10,16H,3,11,19H2,1-2H3. The smallest absolute Gasteiger partial charge is 0.133 e. The van der Waals surface area contributed by atoms with Crippen molar-refractivity contribution in [1.29, 1.82) is 0 Å². The molecule has 21 heavy (non-hydrogen) atoms. The summed E-state index contributed by atoms with van der Waals surface area (Å²) in [4.78, 5) is 0. The predicted molar refractivity (Wildman–Crippen MR) is 80.9 cm³/mol. The molecular weight excluding hydrogens is 269 g/mol. The summed E-state index contributed by atoms with van der Waals surface area (Å²) in [7, 11) is 1.51. The van der Waals surface area contributed by atoms with Gasteiger partial charge in [-0.1, -0.05) is 25.1 Å². The number of halogens is 1. The minimum atomic E-state index is -0.341. The molecule has 0 aliphatic carbocycles. The Morgan fingerprint density at radius 1 is 1.19 bits per heavy atom. The summed E-state index contributed by atoms with van der Waals surface area (Å²) in [5, 5.41) is 0. The normalized spacial score (nSPS) is 12.0. The maximum atomic E-state index is 13.9. The predicted octanol–water partition coefficient (Wildman–Crippen LogP) is 3.82. The van der Waals surface area contributed by atoms with E-state index in [9.17, 15) is 4.39 Å². The van der Waals surface area contributed by atoms with Gasteiger partial charge in [0.05, 0.1) is 7.11 Å². The topological polar surface area (TPSA) is 44.5 Å². The Morgan fingerprint density at radius 3 is 2.62 bits per heavy atom. The number of hydrogen-bond acceptors (Lipinski definition) is 3. The Labute approximate surface area is 124 Å². The van der Waals surface area contributed by atoms with Crippen LogP contribution in [0.5, 0.6) is 11.5 Å². The minimum absolute atomic E-state index is 0.0816. The highest BCUT2D eigenvalue weighted by atomic mass is 19.1. The summed E-state index contributed by atoms with van der Waals surface area (Å²) in [5.74, 6) is 0.846. The van der Waals surface area contributed by atoms with Crippen molar-refractivity contribution >= 4 is 0 Å². The zero-order valence-electron chi connectivity index (χ0n) is 12.3. The summed E-state index contributed by atoms with van der Waals surface area (Å²) in [5.41, 5.74) is 7.48. The van der Waals surface area contributed by atoms with E-state index in [2.05, 4.69) is 0 Å². The molecule has 2 aromatic rings. The van der Waals surface area contributed by atoms with Crippen LogP contribution < -0.4 is 15.2 Å². The van der Waals surface area contributed by atoms with Crippen molar-refractivity contribution in [2.45, 2.75) is 26.0 Å². The summed E-state index contributed by atoms with van der Waals surface area (Å²) < 4.78 is 24.6. The fourth-order valence-electron chi connectivity index (χ4n) is 2.07. The lowest BCUT2D eigenvalue weighted by Crippen LogP contribution is -2.11. The van der Waals surface area contributed by atoms with E-state index in [-0.39, 0.29) is 18.5 Å². The van der Waals surface area contributed by atoms with Gasteiger partial charge in [0, 0.05) is 23.2 Å². The van der Waals surface area contributed by atoms with E-state index in [0.29, 0.717) is 17.1 Å². The van der Waals surface area contributed by atoms with Crippen LogP contribution in [0.15, 0.2) is 42.5 Å². The van der Waals surface area contributed by atoms with E-state index < -0.39 is 0 Å². The summed E-state index contributed by atoms with van der Waals surface area (Å²) >= 11 is 0. The van der Waals surface area contributed by atoms with E-state index in [1.54, 1.807) is 12.1 Å². The number of nitrogens with two attached hydrogens (primary N) is 1. The van der Waals surface area contributed by atoms with Gasteiger partial charge in [0.2, 0.25) is 0 Å². The molecule has 3 nitrogen and oxygen atoms in total. The van der Waals surface area contributed by atoms with Gasteiger partial charge < -0.3 is 15.2 Å². The highest BCUT2D eigenvalue weighted by molar-refractivity contribution is 5.36. The van der Waals surface area contributed by atoms with Crippen LogP contribution in [-0.2, 0) is 6.61 Å². The number of methoxy groups -OCH3 is 1. The second-order valence-electron chi connectivity index (χ2n) is 4.80. The number of rotatable bonds is 6. The Kier molecular flexibility index (Phi) is 5.17. The van der Waals surface area contributed by atoms with Crippen LogP contribution in [0.1, 0.15) is 30.5 Å². The second kappa shape index (κ2) is 7.09. The Hall–Kier alpha value is -2.07. The quantitative estimate of drug-likeness (QED) is 0.879. The molecule has 0 saturated heterocycles. The third kappa shape index (κ3) is 3.73. The van der Waals surface area contributed by atoms with Crippen LogP contribution in [0.3, 0.4) is 0 Å². The van der Waals surface area contributed by atoms with Crippen LogP contribution in [0, 0.1) is 5.82 Å². The van der Waals surface area contributed by atoms with Crippen LogP contribution in [-0.4, -0.2) is 7.11 Å². The average Bonchev–Trinajstić information content (AvgIpc) is 2.53. The monoisotopic (exact) mass is 289 g/mol. The molecule has 1 unspecified atom stereocenters. The van der Waals surface area contributed by atoms with Crippen LogP contribution >= 0.6 is 0 Å². The Balaban J connectivity index is 2.13. The molecule has 0 aromatic heterocycles. The molecule has 4 heteroatoms. The molecule has 0 radical (unpaired) electrons. The fourth-order valence-corrected chi connectivity index (χ4v) is 2.07. The molecule has 2 rings (SSSR count). The molecule has 2 N–H and O–H groups in total. The zero-order valence-corrected chi connectivity index (χ0v) is 12.3. The summed E-state index contributed by atoms with van der Waals surface area (Å²) in [6, 6.07) is 12.2. The van der Waals surface area contributed by atoms with Gasteiger partial charge in [0.1, 0.15) is 23.9 Å². The van der Waals surface area contributed by atoms with Gasteiger partial charge in [-0.15, -0.1) is 0 Å². The maximum Gasteiger partial charge on any atom is 0.133 e. The minimum Gasteiger partial charge on any atom is -0.497 e. The zero-order chi connectivity index (χ0) is 15.2. The first-order valence-electron chi connectivity index (χ1n) is 6.95. The van der Waals surface area contributed by atoms with Crippen molar-refractivity contribution in [3.05, 3.63) is 59.4 Å². The highest BCUT2D eigenvalue weighted by Crippen LogP contribution is 2.26. The average molecular weight is 289 g/mol. The number of benzene rings is 2. The molecule has 0 aliphatic heterocycles. The van der Waals surface area contributed by atoms with Crippen molar-refractivity contribution < 1.29 is 13.9 Å². The molecule has 0 aliphatic rings. The molecule has 112 valence electrons. The Morgan fingerprint density at radius 2 is 1.95 bits per heavy atom. The molecule has 0 bridgehead atoms. The van der Waals surface area contributed by atoms with Gasteiger partial charge in [-0.2, -0.15) is 0 Å². The van der Waals surface area contributed by atoms with Gasteiger partial charge in [0.15, 0.2) is 0 Å². The lowest BCUT2D eigenvalue weighted by atomic mass is 10.0. The lowest BCUT2D eigenvalue weighted by molar-refractivity contribution is 0.294. The largest absolute Gasteiger partial charge is 0.497 e. The summed E-state index contributed by atoms with van der Waals surface area (Å²) in [6.07, 6.45) is 0.817. The van der Waals surface area contributed by atoms with Crippen molar-refractivity contribution in [3.63, 3.8) is 0 Å². The molecular formula is C17H20FNO2. The molecule has 0 amide bonds.